The Morgan fingerprint density at radius 2 is 1.60 bits per heavy atom. The van der Waals surface area contributed by atoms with Crippen molar-refractivity contribution in [1.29, 1.82) is 0 Å². The number of thioether (sulfide) groups is 1. The lowest BCUT2D eigenvalue weighted by atomic mass is 9.84. The fourth-order valence-corrected chi connectivity index (χ4v) is 8.58. The highest BCUT2D eigenvalue weighted by Crippen LogP contribution is 2.51. The molecule has 0 amide bonds. The molecule has 0 aliphatic carbocycles. The van der Waals surface area contributed by atoms with E-state index in [0.29, 0.717) is 19.8 Å². The van der Waals surface area contributed by atoms with Gasteiger partial charge in [-0.15, -0.1) is 8.93 Å². The predicted octanol–water partition coefficient (Wildman–Crippen LogP) is 6.77. The lowest BCUT2D eigenvalue weighted by Gasteiger charge is -2.49. The van der Waals surface area contributed by atoms with Gasteiger partial charge in [-0.25, -0.2) is 0 Å². The van der Waals surface area contributed by atoms with E-state index in [-0.39, 0.29) is 59.7 Å². The lowest BCUT2D eigenvalue weighted by molar-refractivity contribution is -0.362. The van der Waals surface area contributed by atoms with Crippen LogP contribution in [0.15, 0.2) is 53.4 Å². The first kappa shape index (κ1) is 37.4. The summed E-state index contributed by atoms with van der Waals surface area (Å²) in [6, 6.07) is 16.4. The summed E-state index contributed by atoms with van der Waals surface area (Å²) in [5.74, 6) is 0.845. The minimum Gasteiger partial charge on any atom is -0.497 e. The number of ether oxygens (including phenoxy) is 8. The molecule has 0 saturated carbocycles. The van der Waals surface area contributed by atoms with Crippen LogP contribution in [0.2, 0.25) is 0 Å². The molecule has 0 radical (unpaired) electrons. The normalized spacial score (nSPS) is 37.0. The maximum atomic E-state index is 9.68. The maximum Gasteiger partial charge on any atom is 0.179 e. The summed E-state index contributed by atoms with van der Waals surface area (Å²) < 4.78 is 47.4. The van der Waals surface area contributed by atoms with Gasteiger partial charge >= 0.3 is 0 Å². The average Bonchev–Trinajstić information content (AvgIpc) is 3.05. The van der Waals surface area contributed by atoms with Crippen LogP contribution >= 0.6 is 28.3 Å². The molecule has 4 saturated heterocycles. The van der Waals surface area contributed by atoms with Crippen molar-refractivity contribution in [3.63, 3.8) is 0 Å². The Hall–Kier alpha value is -0.870. The number of fused-ring (bicyclic) bond motifs is 2. The van der Waals surface area contributed by atoms with Crippen LogP contribution < -0.4 is 4.74 Å². The van der Waals surface area contributed by atoms with Gasteiger partial charge in [0.15, 0.2) is 18.1 Å². The molecule has 47 heavy (non-hydrogen) atoms. The molecule has 0 aromatic heterocycles. The molecule has 4 fully saturated rings. The number of benzene rings is 2. The SMILES string of the molecule is CC1C(O)OC2COC(C)(C)OC2C1C.COc1ccc(COC2C(Sc3ccc(C)cc3)OC3COC(P(C)P)OC3C2C)cc1. The minimum atomic E-state index is -0.699. The van der Waals surface area contributed by atoms with Gasteiger partial charge in [0.2, 0.25) is 0 Å². The summed E-state index contributed by atoms with van der Waals surface area (Å²) in [5, 5.41) is 9.68. The van der Waals surface area contributed by atoms with Gasteiger partial charge in [-0.1, -0.05) is 62.4 Å². The van der Waals surface area contributed by atoms with Crippen LogP contribution in [-0.4, -0.2) is 86.2 Å². The molecule has 13 unspecified atom stereocenters. The van der Waals surface area contributed by atoms with E-state index in [2.05, 4.69) is 60.6 Å². The second-order valence-corrected chi connectivity index (χ2v) is 18.8. The second kappa shape index (κ2) is 16.4. The zero-order valence-electron chi connectivity index (χ0n) is 28.7. The smallest absolute Gasteiger partial charge is 0.179 e. The van der Waals surface area contributed by atoms with Gasteiger partial charge in [-0.3, -0.25) is 0 Å². The molecule has 9 nitrogen and oxygen atoms in total. The Bertz CT molecular complexity index is 1260. The van der Waals surface area contributed by atoms with Crippen molar-refractivity contribution in [2.24, 2.45) is 17.8 Å². The third-order valence-electron chi connectivity index (χ3n) is 9.36. The number of aliphatic hydroxyl groups excluding tert-OH is 1. The van der Waals surface area contributed by atoms with Crippen molar-refractivity contribution in [3.05, 3.63) is 59.7 Å². The predicted molar refractivity (Wildman–Crippen MR) is 188 cm³/mol. The van der Waals surface area contributed by atoms with Gasteiger partial charge in [0.05, 0.1) is 45.2 Å². The van der Waals surface area contributed by atoms with Crippen molar-refractivity contribution in [2.45, 2.75) is 107 Å². The molecular weight excluding hydrogens is 658 g/mol. The van der Waals surface area contributed by atoms with Gasteiger partial charge in [-0.2, -0.15) is 0 Å². The Labute approximate surface area is 287 Å². The van der Waals surface area contributed by atoms with Gasteiger partial charge in [0.1, 0.15) is 23.4 Å². The van der Waals surface area contributed by atoms with Crippen molar-refractivity contribution >= 4 is 28.3 Å². The molecule has 262 valence electrons. The molecule has 4 aliphatic rings. The van der Waals surface area contributed by atoms with Crippen LogP contribution in [0.1, 0.15) is 45.7 Å². The number of rotatable bonds is 7. The third-order valence-corrected chi connectivity index (χ3v) is 12.2. The highest BCUT2D eigenvalue weighted by molar-refractivity contribution is 8.13. The highest BCUT2D eigenvalue weighted by Gasteiger charge is 2.49. The van der Waals surface area contributed by atoms with E-state index in [0.717, 1.165) is 11.3 Å². The number of aliphatic hydroxyl groups is 1. The van der Waals surface area contributed by atoms with Crippen LogP contribution in [0, 0.1) is 24.7 Å². The van der Waals surface area contributed by atoms with Crippen molar-refractivity contribution in [3.8, 4) is 5.75 Å². The van der Waals surface area contributed by atoms with Gasteiger partial charge in [0, 0.05) is 16.7 Å². The maximum absolute atomic E-state index is 9.68. The fraction of sp³-hybridized carbons (Fsp3) is 0.657. The Kier molecular flexibility index (Phi) is 13.1. The first-order valence-corrected chi connectivity index (χ1v) is 20.7. The number of aryl methyl sites for hydroxylation is 1. The largest absolute Gasteiger partial charge is 0.497 e. The number of methoxy groups -OCH3 is 1. The third kappa shape index (κ3) is 9.47. The number of hydrogen-bond donors (Lipinski definition) is 1. The van der Waals surface area contributed by atoms with Crippen LogP contribution in [-0.2, 0) is 39.8 Å². The molecular formula is C35H52O9P2S. The highest BCUT2D eigenvalue weighted by atomic mass is 32.2. The van der Waals surface area contributed by atoms with Crippen LogP contribution in [0.25, 0.3) is 0 Å². The minimum absolute atomic E-state index is 0.0205. The molecule has 0 bridgehead atoms. The lowest BCUT2D eigenvalue weighted by Crippen LogP contribution is -2.58. The standard InChI is InChI=1S/C24H32O5P2S.C11H20O4/c1-15-5-11-19(12-6-15)32-23-22(26-13-17-7-9-18(25-3)10-8-17)16(2)21-20(28-23)14-27-24(29-21)31(4)30;1-6-7(2)10(12)14-8-5-13-11(3,4)15-9(6)8/h5-12,16,20-24H,13-14,30H2,1-4H3;6-10,12H,5H2,1-4H3. The van der Waals surface area contributed by atoms with Crippen LogP contribution in [0.4, 0.5) is 0 Å². The van der Waals surface area contributed by atoms with Crippen molar-refractivity contribution in [2.75, 3.05) is 27.0 Å². The van der Waals surface area contributed by atoms with E-state index in [1.807, 2.05) is 45.0 Å². The Balaban J connectivity index is 0.000000241. The van der Waals surface area contributed by atoms with Crippen LogP contribution in [0.5, 0.6) is 5.75 Å². The first-order chi connectivity index (χ1) is 22.3. The van der Waals surface area contributed by atoms with E-state index in [4.69, 9.17) is 37.9 Å². The summed E-state index contributed by atoms with van der Waals surface area (Å²) in [7, 11) is 4.08. The summed E-state index contributed by atoms with van der Waals surface area (Å²) >= 11 is 1.71. The summed E-state index contributed by atoms with van der Waals surface area (Å²) in [6.07, 6.45) is -1.07. The zero-order valence-corrected chi connectivity index (χ0v) is 31.6. The van der Waals surface area contributed by atoms with E-state index >= 15 is 0 Å². The average molecular weight is 711 g/mol. The van der Waals surface area contributed by atoms with E-state index in [9.17, 15) is 5.11 Å². The van der Waals surface area contributed by atoms with Crippen molar-refractivity contribution < 1.29 is 43.0 Å². The van der Waals surface area contributed by atoms with E-state index in [1.54, 1.807) is 18.9 Å². The quantitative estimate of drug-likeness (QED) is 0.311. The molecule has 6 rings (SSSR count). The molecule has 0 spiro atoms. The molecule has 2 aromatic rings. The first-order valence-electron chi connectivity index (χ1n) is 16.4. The molecule has 1 N–H and O–H groups in total. The summed E-state index contributed by atoms with van der Waals surface area (Å²) in [4.78, 5) is 1.17. The second-order valence-electron chi connectivity index (χ2n) is 13.4. The Morgan fingerprint density at radius 3 is 2.26 bits per heavy atom. The molecule has 2 aromatic carbocycles. The van der Waals surface area contributed by atoms with Gasteiger partial charge in [0.25, 0.3) is 0 Å². The topological polar surface area (TPSA) is 94.1 Å². The summed E-state index contributed by atoms with van der Waals surface area (Å²) in [5.41, 5.74) is 2.20. The van der Waals surface area contributed by atoms with Crippen molar-refractivity contribution in [1.82, 2.24) is 0 Å². The Morgan fingerprint density at radius 1 is 0.915 bits per heavy atom. The van der Waals surface area contributed by atoms with Gasteiger partial charge < -0.3 is 43.0 Å². The summed E-state index contributed by atoms with van der Waals surface area (Å²) in [6.45, 7) is 15.9. The molecule has 4 heterocycles. The fourth-order valence-electron chi connectivity index (χ4n) is 6.24. The number of hydrogen-bond acceptors (Lipinski definition) is 10. The monoisotopic (exact) mass is 710 g/mol. The van der Waals surface area contributed by atoms with E-state index < -0.39 is 19.7 Å². The van der Waals surface area contributed by atoms with E-state index in [1.165, 1.54) is 10.5 Å². The van der Waals surface area contributed by atoms with Gasteiger partial charge in [-0.05, 0) is 70.8 Å². The molecule has 13 atom stereocenters. The molecule has 4 aliphatic heterocycles. The zero-order chi connectivity index (χ0) is 33.9. The molecule has 12 heteroatoms. The van der Waals surface area contributed by atoms with Crippen LogP contribution in [0.3, 0.4) is 0 Å².